The summed E-state index contributed by atoms with van der Waals surface area (Å²) in [5.41, 5.74) is 6.57. The van der Waals surface area contributed by atoms with Gasteiger partial charge in [-0.1, -0.05) is 50.1 Å². The minimum atomic E-state index is -0.605. The van der Waals surface area contributed by atoms with Crippen LogP contribution < -0.4 is 11.1 Å². The fraction of sp³-hybridized carbons (Fsp3) is 0.579. The van der Waals surface area contributed by atoms with Crippen molar-refractivity contribution in [3.05, 3.63) is 35.9 Å². The number of nitrogens with two attached hydrogens (primary N) is 1. The molecule has 25 heavy (non-hydrogen) atoms. The molecule has 1 aromatic rings. The molecule has 0 bridgehead atoms. The molecule has 6 nitrogen and oxygen atoms in total. The Morgan fingerprint density at radius 3 is 2.52 bits per heavy atom. The molecular formula is C19H29N3O3. The van der Waals surface area contributed by atoms with Gasteiger partial charge in [-0.15, -0.1) is 0 Å². The number of carbonyl (C=O) groups is 2. The lowest BCUT2D eigenvalue weighted by Gasteiger charge is -2.34. The zero-order valence-corrected chi connectivity index (χ0v) is 14.9. The maximum Gasteiger partial charge on any atom is 0.240 e. The molecule has 1 fully saturated rings. The van der Waals surface area contributed by atoms with Crippen LogP contribution in [0.3, 0.4) is 0 Å². The van der Waals surface area contributed by atoms with Crippen LogP contribution in [0.1, 0.15) is 31.7 Å². The van der Waals surface area contributed by atoms with Gasteiger partial charge in [-0.3, -0.25) is 14.5 Å². The lowest BCUT2D eigenvalue weighted by Crippen LogP contribution is -2.55. The number of morpholine rings is 1. The van der Waals surface area contributed by atoms with E-state index in [-0.39, 0.29) is 11.9 Å². The van der Waals surface area contributed by atoms with Gasteiger partial charge in [0.15, 0.2) is 0 Å². The van der Waals surface area contributed by atoms with E-state index in [4.69, 9.17) is 10.5 Å². The summed E-state index contributed by atoms with van der Waals surface area (Å²) in [7, 11) is 0. The molecule has 0 saturated carbocycles. The summed E-state index contributed by atoms with van der Waals surface area (Å²) in [6, 6.07) is 9.00. The Hall–Kier alpha value is -1.92. The molecule has 2 amide bonds. The zero-order valence-electron chi connectivity index (χ0n) is 14.9. The molecule has 6 heteroatoms. The van der Waals surface area contributed by atoms with Gasteiger partial charge in [-0.2, -0.15) is 0 Å². The molecule has 0 aliphatic carbocycles. The first-order valence-electron chi connectivity index (χ1n) is 9.07. The quantitative estimate of drug-likeness (QED) is 0.700. The number of hydrogen-bond donors (Lipinski definition) is 2. The molecule has 2 rings (SSSR count). The second-order valence-electron chi connectivity index (χ2n) is 6.46. The molecule has 1 aliphatic rings. The first-order valence-corrected chi connectivity index (χ1v) is 9.07. The van der Waals surface area contributed by atoms with Crippen LogP contribution in [0, 0.1) is 0 Å². The van der Waals surface area contributed by atoms with Crippen molar-refractivity contribution in [2.24, 2.45) is 5.73 Å². The van der Waals surface area contributed by atoms with Crippen molar-refractivity contribution in [1.82, 2.24) is 10.2 Å². The summed E-state index contributed by atoms with van der Waals surface area (Å²) in [5, 5.41) is 2.87. The summed E-state index contributed by atoms with van der Waals surface area (Å²) in [4.78, 5) is 26.7. The van der Waals surface area contributed by atoms with Gasteiger partial charge in [0.05, 0.1) is 19.3 Å². The van der Waals surface area contributed by atoms with Crippen molar-refractivity contribution in [3.63, 3.8) is 0 Å². The number of primary amides is 1. The van der Waals surface area contributed by atoms with Crippen LogP contribution in [0.4, 0.5) is 0 Å². The number of unbranched alkanes of at least 4 members (excludes halogenated alkanes) is 1. The standard InChI is InChI=1S/C19H29N3O3/c1-2-3-9-16(18(20)23)21-19(24)17(22-10-12-25-13-11-22)14-15-7-5-4-6-8-15/h4-8,16-17H,2-3,9-14H2,1H3,(H2,20,23)(H,21,24). The van der Waals surface area contributed by atoms with E-state index in [9.17, 15) is 9.59 Å². The first kappa shape index (κ1) is 19.4. The Balaban J connectivity index is 2.09. The summed E-state index contributed by atoms with van der Waals surface area (Å²) >= 11 is 0. The molecule has 3 N–H and O–H groups in total. The van der Waals surface area contributed by atoms with Gasteiger partial charge in [-0.25, -0.2) is 0 Å². The lowest BCUT2D eigenvalue weighted by atomic mass is 10.0. The Morgan fingerprint density at radius 1 is 1.24 bits per heavy atom. The van der Waals surface area contributed by atoms with Gasteiger partial charge in [0.25, 0.3) is 0 Å². The lowest BCUT2D eigenvalue weighted by molar-refractivity contribution is -0.132. The monoisotopic (exact) mass is 347 g/mol. The van der Waals surface area contributed by atoms with E-state index >= 15 is 0 Å². The molecule has 138 valence electrons. The van der Waals surface area contributed by atoms with E-state index in [0.717, 1.165) is 18.4 Å². The van der Waals surface area contributed by atoms with E-state index in [1.165, 1.54) is 0 Å². The van der Waals surface area contributed by atoms with E-state index < -0.39 is 11.9 Å². The van der Waals surface area contributed by atoms with Crippen molar-refractivity contribution in [2.45, 2.75) is 44.7 Å². The van der Waals surface area contributed by atoms with Crippen LogP contribution in [-0.2, 0) is 20.7 Å². The number of nitrogens with one attached hydrogen (secondary N) is 1. The predicted molar refractivity (Wildman–Crippen MR) is 97.0 cm³/mol. The van der Waals surface area contributed by atoms with Crippen LogP contribution in [0.5, 0.6) is 0 Å². The summed E-state index contributed by atoms with van der Waals surface area (Å²) in [6.45, 7) is 4.70. The number of nitrogens with zero attached hydrogens (tertiary/aromatic N) is 1. The fourth-order valence-corrected chi connectivity index (χ4v) is 3.08. The van der Waals surface area contributed by atoms with E-state index in [1.54, 1.807) is 0 Å². The van der Waals surface area contributed by atoms with E-state index in [1.807, 2.05) is 37.3 Å². The Kier molecular flexibility index (Phi) is 7.88. The topological polar surface area (TPSA) is 84.7 Å². The average Bonchev–Trinajstić information content (AvgIpc) is 2.64. The molecule has 0 radical (unpaired) electrons. The molecule has 0 spiro atoms. The van der Waals surface area contributed by atoms with Crippen molar-refractivity contribution >= 4 is 11.8 Å². The molecule has 1 aromatic carbocycles. The zero-order chi connectivity index (χ0) is 18.1. The maximum atomic E-state index is 12.9. The van der Waals surface area contributed by atoms with Crippen LogP contribution in [0.15, 0.2) is 30.3 Å². The molecule has 2 atom stereocenters. The second kappa shape index (κ2) is 10.2. The minimum absolute atomic E-state index is 0.134. The third-order valence-corrected chi connectivity index (χ3v) is 4.57. The smallest absolute Gasteiger partial charge is 0.240 e. The van der Waals surface area contributed by atoms with E-state index in [0.29, 0.717) is 39.1 Å². The summed E-state index contributed by atoms with van der Waals surface area (Å²) in [5.74, 6) is -0.604. The normalized spacial score (nSPS) is 17.6. The molecule has 2 unspecified atom stereocenters. The van der Waals surface area contributed by atoms with Gasteiger partial charge in [0.2, 0.25) is 11.8 Å². The van der Waals surface area contributed by atoms with Crippen molar-refractivity contribution in [2.75, 3.05) is 26.3 Å². The SMILES string of the molecule is CCCCC(NC(=O)C(Cc1ccccc1)N1CCOCC1)C(N)=O. The number of ether oxygens (including phenoxy) is 1. The molecule has 1 aliphatic heterocycles. The number of amides is 2. The highest BCUT2D eigenvalue weighted by molar-refractivity contribution is 5.89. The van der Waals surface area contributed by atoms with Gasteiger partial charge in [-0.05, 0) is 18.4 Å². The third-order valence-electron chi connectivity index (χ3n) is 4.57. The van der Waals surface area contributed by atoms with Crippen LogP contribution in [0.2, 0.25) is 0 Å². The van der Waals surface area contributed by atoms with Gasteiger partial charge < -0.3 is 15.8 Å². The highest BCUT2D eigenvalue weighted by atomic mass is 16.5. The van der Waals surface area contributed by atoms with Gasteiger partial charge in [0, 0.05) is 13.1 Å². The van der Waals surface area contributed by atoms with Crippen molar-refractivity contribution in [3.8, 4) is 0 Å². The second-order valence-corrected chi connectivity index (χ2v) is 6.46. The number of benzene rings is 1. The van der Waals surface area contributed by atoms with E-state index in [2.05, 4.69) is 10.2 Å². The Morgan fingerprint density at radius 2 is 1.92 bits per heavy atom. The summed E-state index contributed by atoms with van der Waals surface area (Å²) in [6.07, 6.45) is 3.00. The predicted octanol–water partition coefficient (Wildman–Crippen LogP) is 1.09. The van der Waals surface area contributed by atoms with Gasteiger partial charge >= 0.3 is 0 Å². The number of rotatable bonds is 9. The van der Waals surface area contributed by atoms with Crippen LogP contribution >= 0.6 is 0 Å². The number of carbonyl (C=O) groups excluding carboxylic acids is 2. The Bertz CT molecular complexity index is 544. The highest BCUT2D eigenvalue weighted by Crippen LogP contribution is 2.12. The number of hydrogen-bond acceptors (Lipinski definition) is 4. The molecule has 0 aromatic heterocycles. The van der Waals surface area contributed by atoms with Crippen LogP contribution in [-0.4, -0.2) is 55.1 Å². The fourth-order valence-electron chi connectivity index (χ4n) is 3.08. The molecule has 1 saturated heterocycles. The van der Waals surface area contributed by atoms with Crippen molar-refractivity contribution in [1.29, 1.82) is 0 Å². The maximum absolute atomic E-state index is 12.9. The summed E-state index contributed by atoms with van der Waals surface area (Å²) < 4.78 is 5.40. The third kappa shape index (κ3) is 6.14. The minimum Gasteiger partial charge on any atom is -0.379 e. The average molecular weight is 347 g/mol. The largest absolute Gasteiger partial charge is 0.379 e. The highest BCUT2D eigenvalue weighted by Gasteiger charge is 2.30. The molecular weight excluding hydrogens is 318 g/mol. The van der Waals surface area contributed by atoms with Crippen molar-refractivity contribution < 1.29 is 14.3 Å². The van der Waals surface area contributed by atoms with Crippen LogP contribution in [0.25, 0.3) is 0 Å². The molecule has 1 heterocycles. The first-order chi connectivity index (χ1) is 12.1. The Labute approximate surface area is 149 Å². The van der Waals surface area contributed by atoms with Gasteiger partial charge in [0.1, 0.15) is 6.04 Å².